The fraction of sp³-hybridized carbons (Fsp3) is 0.625. The summed E-state index contributed by atoms with van der Waals surface area (Å²) in [6.45, 7) is 4.24. The summed E-state index contributed by atoms with van der Waals surface area (Å²) in [5, 5.41) is 10.6. The first-order valence-electron chi connectivity index (χ1n) is 8.18. The van der Waals surface area contributed by atoms with Gasteiger partial charge in [-0.3, -0.25) is 10.1 Å². The molecular formula is C16H26NO5P. The molecule has 1 atom stereocenters. The van der Waals surface area contributed by atoms with Gasteiger partial charge in [-0.1, -0.05) is 39.0 Å². The smallest absolute Gasteiger partial charge is 0.379 e. The SMILES string of the molecule is CCCCCCCC[P@](=O)(OCC)Oc1ccc([N+](=O)[O-])cc1. The minimum absolute atomic E-state index is 0.0282. The lowest BCUT2D eigenvalue weighted by Crippen LogP contribution is -2.03. The molecule has 130 valence electrons. The molecule has 1 aromatic rings. The number of non-ortho nitro benzene ring substituents is 1. The third kappa shape index (κ3) is 7.62. The highest BCUT2D eigenvalue weighted by Gasteiger charge is 2.25. The predicted octanol–water partition coefficient (Wildman–Crippen LogP) is 5.56. The van der Waals surface area contributed by atoms with Gasteiger partial charge in [0.15, 0.2) is 0 Å². The lowest BCUT2D eigenvalue weighted by molar-refractivity contribution is -0.384. The summed E-state index contributed by atoms with van der Waals surface area (Å²) in [7, 11) is -3.21. The minimum atomic E-state index is -3.21. The van der Waals surface area contributed by atoms with Crippen molar-refractivity contribution in [1.82, 2.24) is 0 Å². The lowest BCUT2D eigenvalue weighted by Gasteiger charge is -2.18. The second-order valence-corrected chi connectivity index (χ2v) is 7.47. The molecule has 1 aromatic carbocycles. The fourth-order valence-corrected chi connectivity index (χ4v) is 3.93. The minimum Gasteiger partial charge on any atom is -0.424 e. The predicted molar refractivity (Wildman–Crippen MR) is 91.2 cm³/mol. The Hall–Kier alpha value is -1.39. The second kappa shape index (κ2) is 10.4. The number of nitro benzene ring substituents is 1. The molecule has 0 saturated carbocycles. The van der Waals surface area contributed by atoms with Gasteiger partial charge < -0.3 is 9.05 Å². The van der Waals surface area contributed by atoms with Gasteiger partial charge in [-0.15, -0.1) is 0 Å². The van der Waals surface area contributed by atoms with Crippen molar-refractivity contribution in [3.8, 4) is 5.75 Å². The highest BCUT2D eigenvalue weighted by Crippen LogP contribution is 2.49. The molecule has 0 fully saturated rings. The molecule has 6 nitrogen and oxygen atoms in total. The van der Waals surface area contributed by atoms with Crippen LogP contribution < -0.4 is 4.52 Å². The van der Waals surface area contributed by atoms with Gasteiger partial charge in [0.1, 0.15) is 5.75 Å². The normalized spacial score (nSPS) is 13.5. The summed E-state index contributed by atoms with van der Waals surface area (Å²) in [6, 6.07) is 5.56. The molecule has 0 spiro atoms. The molecule has 0 saturated heterocycles. The van der Waals surface area contributed by atoms with Crippen LogP contribution in [-0.4, -0.2) is 17.7 Å². The van der Waals surface area contributed by atoms with Crippen LogP contribution in [0.25, 0.3) is 0 Å². The van der Waals surface area contributed by atoms with E-state index in [-0.39, 0.29) is 5.69 Å². The van der Waals surface area contributed by atoms with Crippen LogP contribution >= 0.6 is 7.60 Å². The Morgan fingerprint density at radius 1 is 1.04 bits per heavy atom. The Labute approximate surface area is 137 Å². The summed E-state index contributed by atoms with van der Waals surface area (Å²) in [6.07, 6.45) is 6.89. The zero-order chi connectivity index (χ0) is 17.1. The summed E-state index contributed by atoms with van der Waals surface area (Å²) >= 11 is 0. The Balaban J connectivity index is 2.54. The number of nitrogens with zero attached hydrogens (tertiary/aromatic N) is 1. The van der Waals surface area contributed by atoms with Gasteiger partial charge in [0.2, 0.25) is 0 Å². The molecule has 0 heterocycles. The van der Waals surface area contributed by atoms with Gasteiger partial charge in [0.25, 0.3) is 5.69 Å². The van der Waals surface area contributed by atoms with Gasteiger partial charge in [-0.2, -0.15) is 0 Å². The van der Waals surface area contributed by atoms with Crippen LogP contribution in [0.4, 0.5) is 5.69 Å². The van der Waals surface area contributed by atoms with Crippen molar-refractivity contribution in [2.45, 2.75) is 52.4 Å². The average molecular weight is 343 g/mol. The van der Waals surface area contributed by atoms with Crippen LogP contribution in [0.3, 0.4) is 0 Å². The van der Waals surface area contributed by atoms with E-state index in [2.05, 4.69) is 6.92 Å². The van der Waals surface area contributed by atoms with Gasteiger partial charge in [0.05, 0.1) is 17.7 Å². The van der Waals surface area contributed by atoms with Crippen molar-refractivity contribution in [2.24, 2.45) is 0 Å². The Bertz CT molecular complexity index is 518. The number of rotatable bonds is 12. The first-order valence-corrected chi connectivity index (χ1v) is 9.91. The summed E-state index contributed by atoms with van der Waals surface area (Å²) in [5.41, 5.74) is -0.0282. The van der Waals surface area contributed by atoms with Crippen LogP contribution in [0.15, 0.2) is 24.3 Å². The standard InChI is InChI=1S/C16H26NO5P/c1-3-5-6-7-8-9-14-23(20,21-4-2)22-16-12-10-15(11-13-16)17(18)19/h10-13H,3-9,14H2,1-2H3/t23-/m0/s1. The monoisotopic (exact) mass is 343 g/mol. The maximum Gasteiger partial charge on any atom is 0.379 e. The molecular weight excluding hydrogens is 317 g/mol. The van der Waals surface area contributed by atoms with E-state index >= 15 is 0 Å². The van der Waals surface area contributed by atoms with Crippen molar-refractivity contribution in [2.75, 3.05) is 12.8 Å². The van der Waals surface area contributed by atoms with Crippen molar-refractivity contribution < 1.29 is 18.5 Å². The molecule has 0 aliphatic carbocycles. The van der Waals surface area contributed by atoms with Crippen LogP contribution in [0, 0.1) is 10.1 Å². The Morgan fingerprint density at radius 3 is 2.22 bits per heavy atom. The molecule has 0 aliphatic rings. The zero-order valence-electron chi connectivity index (χ0n) is 13.9. The first kappa shape index (κ1) is 19.7. The third-order valence-electron chi connectivity index (χ3n) is 3.40. The largest absolute Gasteiger partial charge is 0.424 e. The number of benzene rings is 1. The van der Waals surface area contributed by atoms with E-state index in [4.69, 9.17) is 9.05 Å². The first-order chi connectivity index (χ1) is 11.0. The van der Waals surface area contributed by atoms with Crippen LogP contribution in [-0.2, 0) is 9.09 Å². The van der Waals surface area contributed by atoms with E-state index in [1.54, 1.807) is 6.92 Å². The van der Waals surface area contributed by atoms with Crippen LogP contribution in [0.5, 0.6) is 5.75 Å². The average Bonchev–Trinajstić information content (AvgIpc) is 2.51. The summed E-state index contributed by atoms with van der Waals surface area (Å²) < 4.78 is 23.6. The number of hydrogen-bond acceptors (Lipinski definition) is 5. The molecule has 0 radical (unpaired) electrons. The zero-order valence-corrected chi connectivity index (χ0v) is 14.8. The molecule has 23 heavy (non-hydrogen) atoms. The van der Waals surface area contributed by atoms with E-state index in [0.717, 1.165) is 19.3 Å². The molecule has 0 N–H and O–H groups in total. The molecule has 0 aromatic heterocycles. The molecule has 1 rings (SSSR count). The second-order valence-electron chi connectivity index (χ2n) is 5.36. The maximum absolute atomic E-state index is 12.7. The van der Waals surface area contributed by atoms with Crippen molar-refractivity contribution in [3.05, 3.63) is 34.4 Å². The number of hydrogen-bond donors (Lipinski definition) is 0. The molecule has 7 heteroatoms. The van der Waals surface area contributed by atoms with Gasteiger partial charge in [-0.05, 0) is 25.5 Å². The van der Waals surface area contributed by atoms with E-state index in [9.17, 15) is 14.7 Å². The summed E-state index contributed by atoms with van der Waals surface area (Å²) in [4.78, 5) is 10.2. The molecule has 0 aliphatic heterocycles. The number of unbranched alkanes of at least 4 members (excludes halogenated alkanes) is 5. The van der Waals surface area contributed by atoms with Gasteiger partial charge in [0, 0.05) is 12.1 Å². The van der Waals surface area contributed by atoms with E-state index < -0.39 is 12.5 Å². The topological polar surface area (TPSA) is 78.7 Å². The van der Waals surface area contributed by atoms with Crippen LogP contribution in [0.2, 0.25) is 0 Å². The van der Waals surface area contributed by atoms with E-state index in [1.807, 2.05) is 0 Å². The quantitative estimate of drug-likeness (QED) is 0.215. The van der Waals surface area contributed by atoms with E-state index in [1.165, 1.54) is 43.5 Å². The Morgan fingerprint density at radius 2 is 1.65 bits per heavy atom. The van der Waals surface area contributed by atoms with Crippen molar-refractivity contribution >= 4 is 13.3 Å². The Kier molecular flexibility index (Phi) is 8.89. The molecule has 0 unspecified atom stereocenters. The fourth-order valence-electron chi connectivity index (χ4n) is 2.21. The summed E-state index contributed by atoms with van der Waals surface area (Å²) in [5.74, 6) is 0.332. The number of nitro groups is 1. The van der Waals surface area contributed by atoms with Crippen molar-refractivity contribution in [1.29, 1.82) is 0 Å². The highest BCUT2D eigenvalue weighted by atomic mass is 31.2. The van der Waals surface area contributed by atoms with Gasteiger partial charge >= 0.3 is 7.60 Å². The van der Waals surface area contributed by atoms with Gasteiger partial charge in [-0.25, -0.2) is 4.57 Å². The third-order valence-corrected chi connectivity index (χ3v) is 5.41. The molecule has 0 amide bonds. The van der Waals surface area contributed by atoms with Crippen molar-refractivity contribution in [3.63, 3.8) is 0 Å². The molecule has 0 bridgehead atoms. The maximum atomic E-state index is 12.7. The lowest BCUT2D eigenvalue weighted by atomic mass is 10.1. The van der Waals surface area contributed by atoms with Crippen LogP contribution in [0.1, 0.15) is 52.4 Å². The highest BCUT2D eigenvalue weighted by molar-refractivity contribution is 7.54. The van der Waals surface area contributed by atoms with E-state index in [0.29, 0.717) is 18.5 Å².